The zero-order chi connectivity index (χ0) is 22.6. The van der Waals surface area contributed by atoms with Gasteiger partial charge in [0.15, 0.2) is 4.34 Å². The van der Waals surface area contributed by atoms with Crippen molar-refractivity contribution in [1.82, 2.24) is 10.2 Å². The fraction of sp³-hybridized carbons (Fsp3) is 0.111. The van der Waals surface area contributed by atoms with Gasteiger partial charge in [0.2, 0.25) is 11.0 Å². The first-order chi connectivity index (χ1) is 14.6. The lowest BCUT2D eigenvalue weighted by Gasteiger charge is -2.08. The van der Waals surface area contributed by atoms with E-state index in [4.69, 9.17) is 23.2 Å². The lowest BCUT2D eigenvalue weighted by molar-refractivity contribution is -0.137. The van der Waals surface area contributed by atoms with Gasteiger partial charge in [0.05, 0.1) is 21.4 Å². The van der Waals surface area contributed by atoms with E-state index in [1.54, 1.807) is 12.1 Å². The fourth-order valence-electron chi connectivity index (χ4n) is 2.22. The fourth-order valence-corrected chi connectivity index (χ4v) is 4.07. The Balaban J connectivity index is 1.55. The first-order valence-corrected chi connectivity index (χ1v) is 10.9. The Kier molecular flexibility index (Phi) is 7.42. The van der Waals surface area contributed by atoms with Gasteiger partial charge >= 0.3 is 6.18 Å². The van der Waals surface area contributed by atoms with Crippen molar-refractivity contribution < 1.29 is 22.8 Å². The van der Waals surface area contributed by atoms with E-state index in [9.17, 15) is 22.8 Å². The van der Waals surface area contributed by atoms with E-state index in [0.717, 1.165) is 41.3 Å². The number of nitrogens with zero attached hydrogens (tertiary/aromatic N) is 2. The summed E-state index contributed by atoms with van der Waals surface area (Å²) in [6.45, 7) is 0. The van der Waals surface area contributed by atoms with Crippen molar-refractivity contribution in [1.29, 1.82) is 0 Å². The Morgan fingerprint density at radius 1 is 1.03 bits per heavy atom. The van der Waals surface area contributed by atoms with Gasteiger partial charge in [0.1, 0.15) is 0 Å². The van der Waals surface area contributed by atoms with E-state index in [1.807, 2.05) is 0 Å². The number of rotatable bonds is 6. The lowest BCUT2D eigenvalue weighted by atomic mass is 10.1. The molecule has 0 spiro atoms. The molecule has 162 valence electrons. The third-order valence-corrected chi connectivity index (χ3v) is 6.32. The molecule has 1 aromatic heterocycles. The van der Waals surface area contributed by atoms with E-state index in [0.29, 0.717) is 20.1 Å². The Morgan fingerprint density at radius 3 is 2.52 bits per heavy atom. The SMILES string of the molecule is O=C(CSc1nnc(NC(=O)c2cccc(C(F)(F)F)c2)s1)Nc1ccc(Cl)c(Cl)c1. The molecule has 1 heterocycles. The Hall–Kier alpha value is -2.34. The van der Waals surface area contributed by atoms with Gasteiger partial charge < -0.3 is 5.32 Å². The van der Waals surface area contributed by atoms with E-state index < -0.39 is 17.6 Å². The zero-order valence-electron chi connectivity index (χ0n) is 15.2. The van der Waals surface area contributed by atoms with Gasteiger partial charge in [0, 0.05) is 11.3 Å². The lowest BCUT2D eigenvalue weighted by Crippen LogP contribution is -2.13. The topological polar surface area (TPSA) is 84.0 Å². The molecule has 13 heteroatoms. The molecular weight excluding hydrogens is 496 g/mol. The van der Waals surface area contributed by atoms with Crippen LogP contribution in [0, 0.1) is 0 Å². The smallest absolute Gasteiger partial charge is 0.325 e. The molecule has 0 fully saturated rings. The van der Waals surface area contributed by atoms with Crippen molar-refractivity contribution in [2.75, 3.05) is 16.4 Å². The van der Waals surface area contributed by atoms with Gasteiger partial charge in [-0.25, -0.2) is 0 Å². The molecule has 6 nitrogen and oxygen atoms in total. The molecule has 31 heavy (non-hydrogen) atoms. The first kappa shape index (κ1) is 23.3. The molecule has 2 aromatic carbocycles. The van der Waals surface area contributed by atoms with Crippen LogP contribution in [0.25, 0.3) is 0 Å². The summed E-state index contributed by atoms with van der Waals surface area (Å²) in [7, 11) is 0. The molecule has 0 aliphatic rings. The normalized spacial score (nSPS) is 11.3. The number of hydrogen-bond donors (Lipinski definition) is 2. The largest absolute Gasteiger partial charge is 0.416 e. The summed E-state index contributed by atoms with van der Waals surface area (Å²) in [6, 6.07) is 8.69. The van der Waals surface area contributed by atoms with Crippen LogP contribution in [0.2, 0.25) is 10.0 Å². The van der Waals surface area contributed by atoms with Crippen molar-refractivity contribution in [2.24, 2.45) is 0 Å². The van der Waals surface area contributed by atoms with Crippen LogP contribution in [-0.2, 0) is 11.0 Å². The summed E-state index contributed by atoms with van der Waals surface area (Å²) in [5.41, 5.74) is -0.617. The summed E-state index contributed by atoms with van der Waals surface area (Å²) in [5, 5.41) is 13.4. The third kappa shape index (κ3) is 6.57. The molecule has 2 amide bonds. The number of aromatic nitrogens is 2. The molecule has 0 aliphatic carbocycles. The van der Waals surface area contributed by atoms with Gasteiger partial charge in [-0.1, -0.05) is 52.4 Å². The number of benzene rings is 2. The number of halogens is 5. The van der Waals surface area contributed by atoms with Gasteiger partial charge in [-0.3, -0.25) is 14.9 Å². The summed E-state index contributed by atoms with van der Waals surface area (Å²) in [6.07, 6.45) is -4.55. The van der Waals surface area contributed by atoms with Gasteiger partial charge in [-0.2, -0.15) is 13.2 Å². The predicted octanol–water partition coefficient (Wildman–Crippen LogP) is 5.85. The maximum Gasteiger partial charge on any atom is 0.416 e. The monoisotopic (exact) mass is 506 g/mol. The minimum atomic E-state index is -4.55. The number of carbonyl (C=O) groups excluding carboxylic acids is 2. The van der Waals surface area contributed by atoms with E-state index in [1.165, 1.54) is 12.1 Å². The average Bonchev–Trinajstić information content (AvgIpc) is 3.16. The Bertz CT molecular complexity index is 1130. The Morgan fingerprint density at radius 2 is 1.81 bits per heavy atom. The van der Waals surface area contributed by atoms with E-state index >= 15 is 0 Å². The summed E-state index contributed by atoms with van der Waals surface area (Å²) in [4.78, 5) is 24.2. The highest BCUT2D eigenvalue weighted by Crippen LogP contribution is 2.30. The quantitative estimate of drug-likeness (QED) is 0.323. The van der Waals surface area contributed by atoms with Crippen molar-refractivity contribution in [2.45, 2.75) is 10.5 Å². The Labute approximate surface area is 192 Å². The molecule has 3 rings (SSSR count). The van der Waals surface area contributed by atoms with Crippen molar-refractivity contribution in [3.63, 3.8) is 0 Å². The molecule has 2 N–H and O–H groups in total. The number of amides is 2. The molecule has 0 radical (unpaired) electrons. The van der Waals surface area contributed by atoms with Crippen LogP contribution in [0.15, 0.2) is 46.8 Å². The standard InChI is InChI=1S/C18H11Cl2F3N4O2S2/c19-12-5-4-11(7-13(12)20)24-14(28)8-30-17-27-26-16(31-17)25-15(29)9-2-1-3-10(6-9)18(21,22)23/h1-7H,8H2,(H,24,28)(H,25,26,29). The number of anilines is 2. The van der Waals surface area contributed by atoms with E-state index in [-0.39, 0.29) is 22.4 Å². The first-order valence-electron chi connectivity index (χ1n) is 8.31. The predicted molar refractivity (Wildman–Crippen MR) is 115 cm³/mol. The highest BCUT2D eigenvalue weighted by molar-refractivity contribution is 8.01. The third-order valence-electron chi connectivity index (χ3n) is 3.61. The van der Waals surface area contributed by atoms with Crippen LogP contribution < -0.4 is 10.6 Å². The molecule has 0 aliphatic heterocycles. The zero-order valence-corrected chi connectivity index (χ0v) is 18.3. The number of nitrogens with one attached hydrogen (secondary N) is 2. The van der Waals surface area contributed by atoms with Crippen molar-refractivity contribution in [3.05, 3.63) is 63.6 Å². The maximum atomic E-state index is 12.8. The number of thioether (sulfide) groups is 1. The average molecular weight is 507 g/mol. The van der Waals surface area contributed by atoms with Crippen LogP contribution >= 0.6 is 46.3 Å². The summed E-state index contributed by atoms with van der Waals surface area (Å²) >= 11 is 13.8. The number of carbonyl (C=O) groups is 2. The van der Waals surface area contributed by atoms with Crippen LogP contribution in [0.4, 0.5) is 24.0 Å². The second-order valence-electron chi connectivity index (χ2n) is 5.87. The van der Waals surface area contributed by atoms with Crippen LogP contribution in [0.1, 0.15) is 15.9 Å². The molecule has 0 saturated heterocycles. The van der Waals surface area contributed by atoms with Crippen LogP contribution in [0.3, 0.4) is 0 Å². The molecule has 0 unspecified atom stereocenters. The highest BCUT2D eigenvalue weighted by Gasteiger charge is 2.31. The summed E-state index contributed by atoms with van der Waals surface area (Å²) < 4.78 is 38.8. The van der Waals surface area contributed by atoms with Gasteiger partial charge in [-0.15, -0.1) is 10.2 Å². The van der Waals surface area contributed by atoms with Crippen LogP contribution in [0.5, 0.6) is 0 Å². The molecule has 0 atom stereocenters. The van der Waals surface area contributed by atoms with Crippen molar-refractivity contribution >= 4 is 68.9 Å². The molecule has 0 bridgehead atoms. The van der Waals surface area contributed by atoms with Gasteiger partial charge in [0.25, 0.3) is 5.91 Å². The second-order valence-corrected chi connectivity index (χ2v) is 8.89. The number of hydrogen-bond acceptors (Lipinski definition) is 6. The molecule has 3 aromatic rings. The van der Waals surface area contributed by atoms with Crippen LogP contribution in [-0.4, -0.2) is 27.8 Å². The number of alkyl halides is 3. The second kappa shape index (κ2) is 9.86. The minimum Gasteiger partial charge on any atom is -0.325 e. The highest BCUT2D eigenvalue weighted by atomic mass is 35.5. The summed E-state index contributed by atoms with van der Waals surface area (Å²) in [5.74, 6) is -1.07. The minimum absolute atomic E-state index is 0.0104. The van der Waals surface area contributed by atoms with Crippen molar-refractivity contribution in [3.8, 4) is 0 Å². The van der Waals surface area contributed by atoms with E-state index in [2.05, 4.69) is 20.8 Å². The molecular formula is C18H11Cl2F3N4O2S2. The molecule has 0 saturated carbocycles. The van der Waals surface area contributed by atoms with Gasteiger partial charge in [-0.05, 0) is 36.4 Å². The maximum absolute atomic E-state index is 12.8.